The number of benzene rings is 1. The molecule has 0 bridgehead atoms. The number of nitrogens with two attached hydrogens (primary N) is 1. The van der Waals surface area contributed by atoms with Crippen molar-refractivity contribution in [2.75, 3.05) is 12.3 Å². The monoisotopic (exact) mass is 384 g/mol. The fraction of sp³-hybridized carbons (Fsp3) is 0.214. The Morgan fingerprint density at radius 3 is 3.00 bits per heavy atom. The predicted molar refractivity (Wildman–Crippen MR) is 86.3 cm³/mol. The van der Waals surface area contributed by atoms with E-state index in [0.29, 0.717) is 6.54 Å². The van der Waals surface area contributed by atoms with E-state index in [1.807, 2.05) is 28.5 Å². The number of hydrogen-bond donors (Lipinski definition) is 1. The van der Waals surface area contributed by atoms with Gasteiger partial charge in [-0.1, -0.05) is 12.1 Å². The topological polar surface area (TPSA) is 46.3 Å². The van der Waals surface area contributed by atoms with Crippen LogP contribution in [0.4, 0.5) is 5.69 Å². The van der Waals surface area contributed by atoms with Crippen molar-refractivity contribution in [1.29, 1.82) is 0 Å². The van der Waals surface area contributed by atoms with E-state index in [0.717, 1.165) is 32.7 Å². The van der Waals surface area contributed by atoms with Crippen LogP contribution in [0.15, 0.2) is 29.6 Å². The molecule has 1 aliphatic rings. The van der Waals surface area contributed by atoms with Gasteiger partial charge in [-0.15, -0.1) is 11.3 Å². The van der Waals surface area contributed by atoms with Crippen LogP contribution in [0, 0.1) is 2.88 Å². The van der Waals surface area contributed by atoms with Gasteiger partial charge in [0.25, 0.3) is 5.91 Å². The number of rotatable bonds is 1. The van der Waals surface area contributed by atoms with E-state index in [9.17, 15) is 4.79 Å². The highest BCUT2D eigenvalue weighted by Gasteiger charge is 2.23. The minimum absolute atomic E-state index is 0.105. The molecular weight excluding hydrogens is 371 g/mol. The average molecular weight is 384 g/mol. The zero-order valence-electron chi connectivity index (χ0n) is 10.2. The number of nitrogen functional groups attached to an aromatic ring is 1. The molecule has 5 heteroatoms. The highest BCUT2D eigenvalue weighted by Crippen LogP contribution is 2.26. The van der Waals surface area contributed by atoms with Crippen molar-refractivity contribution in [2.45, 2.75) is 13.0 Å². The van der Waals surface area contributed by atoms with Gasteiger partial charge >= 0.3 is 0 Å². The summed E-state index contributed by atoms with van der Waals surface area (Å²) in [6, 6.07) is 7.92. The molecule has 1 aromatic carbocycles. The molecule has 0 atom stereocenters. The molecule has 3 nitrogen and oxygen atoms in total. The summed E-state index contributed by atoms with van der Waals surface area (Å²) in [6.45, 7) is 1.38. The molecule has 98 valence electrons. The molecule has 1 aromatic heterocycles. The summed E-state index contributed by atoms with van der Waals surface area (Å²) in [5.41, 5.74) is 9.95. The predicted octanol–water partition coefficient (Wildman–Crippen LogP) is 3.13. The maximum atomic E-state index is 12.4. The van der Waals surface area contributed by atoms with Crippen LogP contribution in [0.5, 0.6) is 0 Å². The van der Waals surface area contributed by atoms with Crippen LogP contribution in [-0.4, -0.2) is 17.4 Å². The van der Waals surface area contributed by atoms with Crippen molar-refractivity contribution in [3.63, 3.8) is 0 Å². The number of thiophene rings is 1. The first kappa shape index (κ1) is 12.9. The smallest absolute Gasteiger partial charge is 0.255 e. The third-order valence-electron chi connectivity index (χ3n) is 3.41. The molecule has 19 heavy (non-hydrogen) atoms. The van der Waals surface area contributed by atoms with Crippen molar-refractivity contribution in [3.8, 4) is 0 Å². The highest BCUT2D eigenvalue weighted by molar-refractivity contribution is 14.1. The molecule has 1 amide bonds. The van der Waals surface area contributed by atoms with E-state index >= 15 is 0 Å². The van der Waals surface area contributed by atoms with Crippen LogP contribution >= 0.6 is 33.9 Å². The number of halogens is 1. The zero-order chi connectivity index (χ0) is 13.4. The maximum absolute atomic E-state index is 12.4. The van der Waals surface area contributed by atoms with Crippen molar-refractivity contribution in [1.82, 2.24) is 4.90 Å². The Bertz CT molecular complexity index is 638. The van der Waals surface area contributed by atoms with Crippen molar-refractivity contribution >= 4 is 45.5 Å². The Hall–Kier alpha value is -1.08. The van der Waals surface area contributed by atoms with E-state index < -0.39 is 0 Å². The standard InChI is InChI=1S/C14H13IN2OS/c15-13-6-10(8-19-13)14(18)17-5-4-9-2-1-3-12(16)11(9)7-17/h1-3,6,8H,4-5,7,16H2. The molecule has 0 saturated carbocycles. The first-order valence-electron chi connectivity index (χ1n) is 6.04. The lowest BCUT2D eigenvalue weighted by Crippen LogP contribution is -2.36. The highest BCUT2D eigenvalue weighted by atomic mass is 127. The van der Waals surface area contributed by atoms with Gasteiger partial charge in [0.2, 0.25) is 0 Å². The SMILES string of the molecule is Nc1cccc2c1CN(C(=O)c1csc(I)c1)CC2. The minimum Gasteiger partial charge on any atom is -0.398 e. The zero-order valence-corrected chi connectivity index (χ0v) is 13.2. The van der Waals surface area contributed by atoms with Gasteiger partial charge < -0.3 is 10.6 Å². The molecule has 0 saturated heterocycles. The largest absolute Gasteiger partial charge is 0.398 e. The van der Waals surface area contributed by atoms with Gasteiger partial charge in [-0.3, -0.25) is 4.79 Å². The third-order valence-corrected chi connectivity index (χ3v) is 5.20. The fourth-order valence-corrected chi connectivity index (χ4v) is 3.71. The van der Waals surface area contributed by atoms with Gasteiger partial charge in [-0.2, -0.15) is 0 Å². The Labute approximate surface area is 129 Å². The van der Waals surface area contributed by atoms with Crippen LogP contribution in [0.3, 0.4) is 0 Å². The molecule has 0 unspecified atom stereocenters. The summed E-state index contributed by atoms with van der Waals surface area (Å²) >= 11 is 3.84. The molecule has 3 rings (SSSR count). The number of anilines is 1. The molecule has 0 radical (unpaired) electrons. The van der Waals surface area contributed by atoms with E-state index in [-0.39, 0.29) is 5.91 Å². The first-order valence-corrected chi connectivity index (χ1v) is 8.00. The molecule has 0 fully saturated rings. The number of amides is 1. The molecule has 2 aromatic rings. The van der Waals surface area contributed by atoms with Crippen molar-refractivity contribution in [3.05, 3.63) is 49.2 Å². The minimum atomic E-state index is 0.105. The Morgan fingerprint density at radius 1 is 1.42 bits per heavy atom. The lowest BCUT2D eigenvalue weighted by Gasteiger charge is -2.29. The molecule has 1 aliphatic heterocycles. The number of hydrogen-bond acceptors (Lipinski definition) is 3. The quantitative estimate of drug-likeness (QED) is 0.607. The summed E-state index contributed by atoms with van der Waals surface area (Å²) in [5, 5.41) is 1.92. The number of nitrogens with zero attached hydrogens (tertiary/aromatic N) is 1. The Balaban J connectivity index is 1.86. The second kappa shape index (κ2) is 5.13. The number of carbonyl (C=O) groups is 1. The maximum Gasteiger partial charge on any atom is 0.255 e. The molecule has 2 heterocycles. The van der Waals surface area contributed by atoms with E-state index in [1.54, 1.807) is 11.3 Å². The van der Waals surface area contributed by atoms with Crippen LogP contribution in [-0.2, 0) is 13.0 Å². The lowest BCUT2D eigenvalue weighted by atomic mass is 9.98. The van der Waals surface area contributed by atoms with Crippen molar-refractivity contribution < 1.29 is 4.79 Å². The second-order valence-corrected chi connectivity index (χ2v) is 7.41. The molecule has 0 spiro atoms. The summed E-state index contributed by atoms with van der Waals surface area (Å²) in [5.74, 6) is 0.105. The molecular formula is C14H13IN2OS. The van der Waals surface area contributed by atoms with Crippen LogP contribution in [0.1, 0.15) is 21.5 Å². The van der Waals surface area contributed by atoms with Crippen molar-refractivity contribution in [2.24, 2.45) is 0 Å². The lowest BCUT2D eigenvalue weighted by molar-refractivity contribution is 0.0736. The number of fused-ring (bicyclic) bond motifs is 1. The Morgan fingerprint density at radius 2 is 2.26 bits per heavy atom. The van der Waals surface area contributed by atoms with Gasteiger partial charge in [0.15, 0.2) is 0 Å². The van der Waals surface area contributed by atoms with Crippen LogP contribution in [0.25, 0.3) is 0 Å². The number of carbonyl (C=O) groups excluding carboxylic acids is 1. The van der Waals surface area contributed by atoms with Gasteiger partial charge in [-0.25, -0.2) is 0 Å². The van der Waals surface area contributed by atoms with Gasteiger partial charge in [0, 0.05) is 24.2 Å². The van der Waals surface area contributed by atoms with Crippen LogP contribution in [0.2, 0.25) is 0 Å². The summed E-state index contributed by atoms with van der Waals surface area (Å²) in [4.78, 5) is 14.3. The summed E-state index contributed by atoms with van der Waals surface area (Å²) in [6.07, 6.45) is 0.882. The van der Waals surface area contributed by atoms with Gasteiger partial charge in [0.05, 0.1) is 8.45 Å². The van der Waals surface area contributed by atoms with Gasteiger partial charge in [-0.05, 0) is 52.3 Å². The van der Waals surface area contributed by atoms with E-state index in [2.05, 4.69) is 28.7 Å². The summed E-state index contributed by atoms with van der Waals surface area (Å²) in [7, 11) is 0. The normalized spacial score (nSPS) is 14.3. The molecule has 0 aliphatic carbocycles. The van der Waals surface area contributed by atoms with E-state index in [1.165, 1.54) is 5.56 Å². The van der Waals surface area contributed by atoms with E-state index in [4.69, 9.17) is 5.73 Å². The average Bonchev–Trinajstić information content (AvgIpc) is 2.85. The summed E-state index contributed by atoms with van der Waals surface area (Å²) < 4.78 is 1.14. The fourth-order valence-electron chi connectivity index (χ4n) is 2.39. The second-order valence-electron chi connectivity index (χ2n) is 4.60. The van der Waals surface area contributed by atoms with Gasteiger partial charge in [0.1, 0.15) is 0 Å². The third kappa shape index (κ3) is 2.49. The Kier molecular flexibility index (Phi) is 3.49. The molecule has 2 N–H and O–H groups in total. The van der Waals surface area contributed by atoms with Crippen LogP contribution < -0.4 is 5.73 Å². The first-order chi connectivity index (χ1) is 9.15.